The van der Waals surface area contributed by atoms with Gasteiger partial charge in [-0.15, -0.1) is 11.3 Å². The molecular formula is C11H20N2O3S2. The molecule has 0 amide bonds. The van der Waals surface area contributed by atoms with Gasteiger partial charge >= 0.3 is 0 Å². The molecule has 0 unspecified atom stereocenters. The van der Waals surface area contributed by atoms with E-state index >= 15 is 0 Å². The Morgan fingerprint density at radius 2 is 2.06 bits per heavy atom. The summed E-state index contributed by atoms with van der Waals surface area (Å²) in [5.74, 6) is 0. The summed E-state index contributed by atoms with van der Waals surface area (Å²) in [4.78, 5) is 2.73. The zero-order valence-electron chi connectivity index (χ0n) is 10.7. The van der Waals surface area contributed by atoms with E-state index in [9.17, 15) is 8.42 Å². The summed E-state index contributed by atoms with van der Waals surface area (Å²) in [5.41, 5.74) is 0. The van der Waals surface area contributed by atoms with Crippen LogP contribution >= 0.6 is 11.3 Å². The first-order valence-electron chi connectivity index (χ1n) is 5.79. The van der Waals surface area contributed by atoms with Gasteiger partial charge in [-0.3, -0.25) is 0 Å². The minimum atomic E-state index is -3.41. The predicted molar refractivity (Wildman–Crippen MR) is 73.2 cm³/mol. The Hall–Kier alpha value is -0.470. The van der Waals surface area contributed by atoms with Crippen molar-refractivity contribution in [1.29, 1.82) is 0 Å². The number of nitrogens with one attached hydrogen (secondary N) is 1. The van der Waals surface area contributed by atoms with Crippen molar-refractivity contribution >= 4 is 21.4 Å². The SMILES string of the molecule is CN(C)CCCCNS(=O)(=O)c1ccc(CO)s1. The average Bonchev–Trinajstić information content (AvgIpc) is 2.77. The standard InChI is InChI=1S/C11H20N2O3S2/c1-13(2)8-4-3-7-12-18(15,16)11-6-5-10(9-14)17-11/h5-6,12,14H,3-4,7-9H2,1-2H3. The number of thiophene rings is 1. The van der Waals surface area contributed by atoms with Crippen LogP contribution in [0.4, 0.5) is 0 Å². The third-order valence-corrected chi connectivity index (χ3v) is 5.40. The molecule has 7 heteroatoms. The van der Waals surface area contributed by atoms with Crippen LogP contribution in [0, 0.1) is 0 Å². The van der Waals surface area contributed by atoms with E-state index in [0.29, 0.717) is 11.4 Å². The Kier molecular flexibility index (Phi) is 6.24. The second-order valence-corrected chi connectivity index (χ2v) is 7.45. The van der Waals surface area contributed by atoms with E-state index in [1.807, 2.05) is 14.1 Å². The first-order valence-corrected chi connectivity index (χ1v) is 8.09. The van der Waals surface area contributed by atoms with E-state index in [1.54, 1.807) is 6.07 Å². The Morgan fingerprint density at radius 1 is 1.33 bits per heavy atom. The van der Waals surface area contributed by atoms with E-state index in [2.05, 4.69) is 9.62 Å². The molecule has 2 N–H and O–H groups in total. The van der Waals surface area contributed by atoms with E-state index in [1.165, 1.54) is 6.07 Å². The third kappa shape index (κ3) is 5.03. The van der Waals surface area contributed by atoms with Crippen molar-refractivity contribution in [2.45, 2.75) is 23.7 Å². The number of sulfonamides is 1. The number of hydrogen-bond acceptors (Lipinski definition) is 5. The van der Waals surface area contributed by atoms with Crippen molar-refractivity contribution in [2.24, 2.45) is 0 Å². The largest absolute Gasteiger partial charge is 0.391 e. The van der Waals surface area contributed by atoms with Crippen LogP contribution in [0.15, 0.2) is 16.3 Å². The zero-order chi connectivity index (χ0) is 13.6. The minimum absolute atomic E-state index is 0.122. The number of rotatable bonds is 8. The molecule has 1 aromatic rings. The lowest BCUT2D eigenvalue weighted by Crippen LogP contribution is -2.24. The number of unbranched alkanes of at least 4 members (excludes halogenated alkanes) is 1. The predicted octanol–water partition coefficient (Wildman–Crippen LogP) is 0.860. The topological polar surface area (TPSA) is 69.6 Å². The van der Waals surface area contributed by atoms with Crippen molar-refractivity contribution in [1.82, 2.24) is 9.62 Å². The maximum absolute atomic E-state index is 11.9. The molecule has 104 valence electrons. The summed E-state index contributed by atoms with van der Waals surface area (Å²) in [7, 11) is 0.578. The number of aliphatic hydroxyl groups excluding tert-OH is 1. The normalized spacial score (nSPS) is 12.2. The zero-order valence-corrected chi connectivity index (χ0v) is 12.4. The van der Waals surface area contributed by atoms with Crippen LogP contribution in [-0.4, -0.2) is 45.6 Å². The Bertz CT molecular complexity index is 455. The molecule has 1 rings (SSSR count). The first-order chi connectivity index (χ1) is 8.45. The van der Waals surface area contributed by atoms with Crippen LogP contribution in [0.5, 0.6) is 0 Å². The maximum Gasteiger partial charge on any atom is 0.250 e. The fraction of sp³-hybridized carbons (Fsp3) is 0.636. The summed E-state index contributed by atoms with van der Waals surface area (Å²) in [6.45, 7) is 1.28. The maximum atomic E-state index is 11.9. The fourth-order valence-corrected chi connectivity index (χ4v) is 3.75. The summed E-state index contributed by atoms with van der Waals surface area (Å²) in [5, 5.41) is 8.91. The molecule has 0 fully saturated rings. The lowest BCUT2D eigenvalue weighted by molar-refractivity contribution is 0.285. The average molecular weight is 292 g/mol. The molecule has 18 heavy (non-hydrogen) atoms. The van der Waals surface area contributed by atoms with Crippen molar-refractivity contribution in [3.63, 3.8) is 0 Å². The molecule has 0 spiro atoms. The molecule has 0 bridgehead atoms. The van der Waals surface area contributed by atoms with Gasteiger partial charge in [0.25, 0.3) is 0 Å². The summed E-state index contributed by atoms with van der Waals surface area (Å²) in [6, 6.07) is 3.16. The lowest BCUT2D eigenvalue weighted by Gasteiger charge is -2.09. The monoisotopic (exact) mass is 292 g/mol. The van der Waals surface area contributed by atoms with E-state index in [0.717, 1.165) is 30.7 Å². The third-order valence-electron chi connectivity index (χ3n) is 2.38. The van der Waals surface area contributed by atoms with E-state index in [-0.39, 0.29) is 10.8 Å². The van der Waals surface area contributed by atoms with Crippen molar-refractivity contribution in [2.75, 3.05) is 27.2 Å². The second-order valence-electron chi connectivity index (χ2n) is 4.29. The van der Waals surface area contributed by atoms with Crippen molar-refractivity contribution in [3.8, 4) is 0 Å². The summed E-state index contributed by atoms with van der Waals surface area (Å²) in [6.07, 6.45) is 1.78. The Morgan fingerprint density at radius 3 is 2.61 bits per heavy atom. The quantitative estimate of drug-likeness (QED) is 0.697. The summed E-state index contributed by atoms with van der Waals surface area (Å²) < 4.78 is 26.6. The van der Waals surface area contributed by atoms with Gasteiger partial charge < -0.3 is 10.0 Å². The minimum Gasteiger partial charge on any atom is -0.391 e. The highest BCUT2D eigenvalue weighted by atomic mass is 32.2. The van der Waals surface area contributed by atoms with Crippen LogP contribution in [0.3, 0.4) is 0 Å². The van der Waals surface area contributed by atoms with Gasteiger partial charge in [-0.25, -0.2) is 13.1 Å². The molecule has 0 saturated carbocycles. The molecule has 0 aromatic carbocycles. The highest BCUT2D eigenvalue weighted by Gasteiger charge is 2.15. The van der Waals surface area contributed by atoms with Gasteiger partial charge in [0.2, 0.25) is 10.0 Å². The molecule has 0 aliphatic carbocycles. The van der Waals surface area contributed by atoms with Gasteiger partial charge in [0.15, 0.2) is 0 Å². The molecule has 0 radical (unpaired) electrons. The smallest absolute Gasteiger partial charge is 0.250 e. The van der Waals surface area contributed by atoms with Crippen LogP contribution < -0.4 is 4.72 Å². The Balaban J connectivity index is 2.40. The van der Waals surface area contributed by atoms with Crippen LogP contribution in [0.25, 0.3) is 0 Å². The molecule has 1 heterocycles. The van der Waals surface area contributed by atoms with Gasteiger partial charge in [0.1, 0.15) is 4.21 Å². The molecule has 0 saturated heterocycles. The molecule has 1 aromatic heterocycles. The highest BCUT2D eigenvalue weighted by Crippen LogP contribution is 2.21. The number of aliphatic hydroxyl groups is 1. The highest BCUT2D eigenvalue weighted by molar-refractivity contribution is 7.91. The molecular weight excluding hydrogens is 272 g/mol. The van der Waals surface area contributed by atoms with Gasteiger partial charge in [0.05, 0.1) is 6.61 Å². The second kappa shape index (κ2) is 7.20. The van der Waals surface area contributed by atoms with Gasteiger partial charge in [-0.05, 0) is 45.6 Å². The van der Waals surface area contributed by atoms with E-state index < -0.39 is 10.0 Å². The lowest BCUT2D eigenvalue weighted by atomic mass is 10.3. The van der Waals surface area contributed by atoms with E-state index in [4.69, 9.17) is 5.11 Å². The van der Waals surface area contributed by atoms with Crippen molar-refractivity contribution in [3.05, 3.63) is 17.0 Å². The molecule has 0 aliphatic heterocycles. The number of nitrogens with zero attached hydrogens (tertiary/aromatic N) is 1. The van der Waals surface area contributed by atoms with Crippen LogP contribution in [-0.2, 0) is 16.6 Å². The summed E-state index contributed by atoms with van der Waals surface area (Å²) >= 11 is 1.10. The molecule has 5 nitrogen and oxygen atoms in total. The van der Waals surface area contributed by atoms with Gasteiger partial charge in [-0.2, -0.15) is 0 Å². The molecule has 0 aliphatic rings. The number of hydrogen-bond donors (Lipinski definition) is 2. The van der Waals surface area contributed by atoms with Crippen molar-refractivity contribution < 1.29 is 13.5 Å². The fourth-order valence-electron chi connectivity index (χ4n) is 1.42. The van der Waals surface area contributed by atoms with Crippen LogP contribution in [0.2, 0.25) is 0 Å². The molecule has 0 atom stereocenters. The first kappa shape index (κ1) is 15.6. The van der Waals surface area contributed by atoms with Gasteiger partial charge in [-0.1, -0.05) is 0 Å². The van der Waals surface area contributed by atoms with Crippen LogP contribution in [0.1, 0.15) is 17.7 Å². The Labute approximate surface area is 112 Å². The van der Waals surface area contributed by atoms with Gasteiger partial charge in [0, 0.05) is 11.4 Å².